The molecule has 2 aromatic rings. The highest BCUT2D eigenvalue weighted by Crippen LogP contribution is 2.28. The number of amides is 1. The highest BCUT2D eigenvalue weighted by molar-refractivity contribution is 6.09. The third kappa shape index (κ3) is 2.01. The van der Waals surface area contributed by atoms with Gasteiger partial charge in [-0.1, -0.05) is 18.2 Å². The van der Waals surface area contributed by atoms with Gasteiger partial charge in [0.2, 0.25) is 5.91 Å². The number of hydrogen-bond acceptors (Lipinski definition) is 2. The molecule has 2 N–H and O–H groups in total. The number of hydrogen-bond donors (Lipinski definition) is 2. The SMILES string of the molecule is O=C(CNC(=O)C1CC1)c1c[nH]c2ccccc12. The standard InChI is InChI=1S/C14H14N2O2/c17-13(8-16-14(18)9-5-6-9)11-7-15-12-4-2-1-3-10(11)12/h1-4,7,9,15H,5-6,8H2,(H,16,18). The average Bonchev–Trinajstić information content (AvgIpc) is 3.15. The van der Waals surface area contributed by atoms with Gasteiger partial charge in [-0.2, -0.15) is 0 Å². The minimum atomic E-state index is -0.0542. The van der Waals surface area contributed by atoms with Gasteiger partial charge >= 0.3 is 0 Å². The number of benzene rings is 1. The Balaban J connectivity index is 1.73. The van der Waals surface area contributed by atoms with Gasteiger partial charge in [-0.3, -0.25) is 9.59 Å². The van der Waals surface area contributed by atoms with E-state index in [2.05, 4.69) is 10.3 Å². The zero-order valence-corrected chi connectivity index (χ0v) is 9.90. The van der Waals surface area contributed by atoms with E-state index >= 15 is 0 Å². The minimum absolute atomic E-state index is 0.00295. The maximum Gasteiger partial charge on any atom is 0.223 e. The maximum absolute atomic E-state index is 12.0. The Morgan fingerprint density at radius 2 is 2.06 bits per heavy atom. The molecule has 0 saturated heterocycles. The summed E-state index contributed by atoms with van der Waals surface area (Å²) in [6.07, 6.45) is 3.61. The first kappa shape index (κ1) is 11.0. The zero-order valence-electron chi connectivity index (χ0n) is 9.90. The number of H-pyrrole nitrogens is 1. The molecule has 1 aliphatic rings. The van der Waals surface area contributed by atoms with Gasteiger partial charge < -0.3 is 10.3 Å². The smallest absolute Gasteiger partial charge is 0.223 e. The van der Waals surface area contributed by atoms with E-state index < -0.39 is 0 Å². The third-order valence-corrected chi connectivity index (χ3v) is 3.26. The summed E-state index contributed by atoms with van der Waals surface area (Å²) in [6.45, 7) is 0.0805. The van der Waals surface area contributed by atoms with Crippen LogP contribution >= 0.6 is 0 Å². The van der Waals surface area contributed by atoms with Gasteiger partial charge in [-0.25, -0.2) is 0 Å². The lowest BCUT2D eigenvalue weighted by Crippen LogP contribution is -2.30. The molecule has 1 aromatic carbocycles. The molecule has 1 fully saturated rings. The number of carbonyl (C=O) groups excluding carboxylic acids is 2. The summed E-state index contributed by atoms with van der Waals surface area (Å²) in [5.41, 5.74) is 1.58. The quantitative estimate of drug-likeness (QED) is 0.804. The lowest BCUT2D eigenvalue weighted by atomic mass is 10.1. The van der Waals surface area contributed by atoms with E-state index in [0.717, 1.165) is 23.7 Å². The molecule has 0 radical (unpaired) electrons. The third-order valence-electron chi connectivity index (χ3n) is 3.26. The van der Waals surface area contributed by atoms with Crippen LogP contribution in [0.3, 0.4) is 0 Å². The van der Waals surface area contributed by atoms with Crippen LogP contribution in [0.2, 0.25) is 0 Å². The molecule has 0 bridgehead atoms. The van der Waals surface area contributed by atoms with Crippen LogP contribution in [0.25, 0.3) is 10.9 Å². The summed E-state index contributed by atoms with van der Waals surface area (Å²) in [6, 6.07) is 7.65. The van der Waals surface area contributed by atoms with Crippen molar-refractivity contribution in [2.45, 2.75) is 12.8 Å². The van der Waals surface area contributed by atoms with E-state index in [1.165, 1.54) is 0 Å². The largest absolute Gasteiger partial charge is 0.360 e. The molecule has 1 aromatic heterocycles. The number of aromatic nitrogens is 1. The van der Waals surface area contributed by atoms with Crippen LogP contribution in [0.5, 0.6) is 0 Å². The first-order valence-electron chi connectivity index (χ1n) is 6.13. The predicted molar refractivity (Wildman–Crippen MR) is 68.4 cm³/mol. The number of Topliss-reactive ketones (excluding diaryl/α,β-unsaturated/α-hetero) is 1. The molecule has 1 aliphatic carbocycles. The molecular weight excluding hydrogens is 228 g/mol. The average molecular weight is 242 g/mol. The monoisotopic (exact) mass is 242 g/mol. The molecule has 0 unspecified atom stereocenters. The summed E-state index contributed by atoms with van der Waals surface area (Å²) >= 11 is 0. The molecule has 3 rings (SSSR count). The van der Waals surface area contributed by atoms with Gasteiger partial charge in [-0.05, 0) is 18.9 Å². The van der Waals surface area contributed by atoms with Crippen molar-refractivity contribution in [2.75, 3.05) is 6.54 Å². The first-order chi connectivity index (χ1) is 8.75. The fourth-order valence-electron chi connectivity index (χ4n) is 2.05. The van der Waals surface area contributed by atoms with Gasteiger partial charge in [0.1, 0.15) is 0 Å². The lowest BCUT2D eigenvalue weighted by Gasteiger charge is -2.02. The van der Waals surface area contributed by atoms with Crippen LogP contribution in [0.15, 0.2) is 30.5 Å². The van der Waals surface area contributed by atoms with Gasteiger partial charge in [-0.15, -0.1) is 0 Å². The molecule has 18 heavy (non-hydrogen) atoms. The molecule has 4 nitrogen and oxygen atoms in total. The zero-order chi connectivity index (χ0) is 12.5. The first-order valence-corrected chi connectivity index (χ1v) is 6.13. The van der Waals surface area contributed by atoms with Crippen molar-refractivity contribution in [1.82, 2.24) is 10.3 Å². The molecule has 0 spiro atoms. The normalized spacial score (nSPS) is 14.7. The second-order valence-electron chi connectivity index (χ2n) is 4.66. The van der Waals surface area contributed by atoms with Crippen molar-refractivity contribution >= 4 is 22.6 Å². The second kappa shape index (κ2) is 4.29. The van der Waals surface area contributed by atoms with E-state index in [1.54, 1.807) is 6.20 Å². The Bertz CT molecular complexity index is 611. The molecular formula is C14H14N2O2. The maximum atomic E-state index is 12.0. The Kier molecular flexibility index (Phi) is 2.63. The number of carbonyl (C=O) groups is 2. The summed E-state index contributed by atoms with van der Waals surface area (Å²) < 4.78 is 0. The number of ketones is 1. The Labute approximate surface area is 104 Å². The van der Waals surface area contributed by atoms with Crippen LogP contribution in [-0.2, 0) is 4.79 Å². The lowest BCUT2D eigenvalue weighted by molar-refractivity contribution is -0.122. The van der Waals surface area contributed by atoms with E-state index in [0.29, 0.717) is 5.56 Å². The van der Waals surface area contributed by atoms with Crippen LogP contribution in [0.1, 0.15) is 23.2 Å². The fourth-order valence-corrected chi connectivity index (χ4v) is 2.05. The minimum Gasteiger partial charge on any atom is -0.360 e. The van der Waals surface area contributed by atoms with Crippen LogP contribution in [0, 0.1) is 5.92 Å². The second-order valence-corrected chi connectivity index (χ2v) is 4.66. The van der Waals surface area contributed by atoms with Gasteiger partial charge in [0, 0.05) is 28.6 Å². The van der Waals surface area contributed by atoms with Gasteiger partial charge in [0.15, 0.2) is 5.78 Å². The van der Waals surface area contributed by atoms with Crippen molar-refractivity contribution in [2.24, 2.45) is 5.92 Å². The summed E-state index contributed by atoms with van der Waals surface area (Å²) in [4.78, 5) is 26.6. The fraction of sp³-hybridized carbons (Fsp3) is 0.286. The van der Waals surface area contributed by atoms with Crippen LogP contribution < -0.4 is 5.32 Å². The van der Waals surface area contributed by atoms with E-state index in [1.807, 2.05) is 24.3 Å². The van der Waals surface area contributed by atoms with Crippen molar-refractivity contribution in [1.29, 1.82) is 0 Å². The predicted octanol–water partition coefficient (Wildman–Crippen LogP) is 1.88. The van der Waals surface area contributed by atoms with Crippen molar-refractivity contribution in [3.63, 3.8) is 0 Å². The summed E-state index contributed by atoms with van der Waals surface area (Å²) in [7, 11) is 0. The highest BCUT2D eigenvalue weighted by Gasteiger charge is 2.29. The molecule has 1 amide bonds. The van der Waals surface area contributed by atoms with Crippen LogP contribution in [0.4, 0.5) is 0 Å². The Hall–Kier alpha value is -2.10. The summed E-state index contributed by atoms with van der Waals surface area (Å²) in [5.74, 6) is 0.0883. The number of rotatable bonds is 4. The van der Waals surface area contributed by atoms with Crippen molar-refractivity contribution in [3.05, 3.63) is 36.0 Å². The van der Waals surface area contributed by atoms with E-state index in [9.17, 15) is 9.59 Å². The van der Waals surface area contributed by atoms with E-state index in [-0.39, 0.29) is 24.2 Å². The van der Waals surface area contributed by atoms with Crippen molar-refractivity contribution in [3.8, 4) is 0 Å². The topological polar surface area (TPSA) is 62.0 Å². The Morgan fingerprint density at radius 1 is 1.28 bits per heavy atom. The molecule has 0 aliphatic heterocycles. The number of para-hydroxylation sites is 1. The van der Waals surface area contributed by atoms with Crippen molar-refractivity contribution < 1.29 is 9.59 Å². The number of nitrogens with one attached hydrogen (secondary N) is 2. The summed E-state index contributed by atoms with van der Waals surface area (Å²) in [5, 5.41) is 3.60. The molecule has 1 heterocycles. The van der Waals surface area contributed by atoms with Gasteiger partial charge in [0.05, 0.1) is 6.54 Å². The molecule has 92 valence electrons. The number of aromatic amines is 1. The Morgan fingerprint density at radius 3 is 2.83 bits per heavy atom. The van der Waals surface area contributed by atoms with E-state index in [4.69, 9.17) is 0 Å². The molecule has 1 saturated carbocycles. The van der Waals surface area contributed by atoms with Gasteiger partial charge in [0.25, 0.3) is 0 Å². The number of fused-ring (bicyclic) bond motifs is 1. The highest BCUT2D eigenvalue weighted by atomic mass is 16.2. The van der Waals surface area contributed by atoms with Crippen LogP contribution in [-0.4, -0.2) is 23.2 Å². The molecule has 4 heteroatoms. The molecule has 0 atom stereocenters.